The molecule has 0 fully saturated rings. The molecule has 1 aromatic carbocycles. The quantitative estimate of drug-likeness (QED) is 0.679. The van der Waals surface area contributed by atoms with Gasteiger partial charge in [0.05, 0.1) is 0 Å². The molecule has 0 aliphatic heterocycles. The average Bonchev–Trinajstić information content (AvgIpc) is 2.29. The van der Waals surface area contributed by atoms with E-state index in [4.69, 9.17) is 0 Å². The molecule has 1 heteroatoms. The summed E-state index contributed by atoms with van der Waals surface area (Å²) < 4.78 is 0. The Morgan fingerprint density at radius 1 is 1.17 bits per heavy atom. The van der Waals surface area contributed by atoms with Gasteiger partial charge in [-0.2, -0.15) is 0 Å². The van der Waals surface area contributed by atoms with Crippen LogP contribution in [0.3, 0.4) is 0 Å². The zero-order chi connectivity index (χ0) is 13.4. The number of hydrogen-bond acceptors (Lipinski definition) is 1. The normalized spacial score (nSPS) is 13.0. The minimum atomic E-state index is 0.374. The molecule has 1 atom stereocenters. The van der Waals surface area contributed by atoms with Crippen LogP contribution in [0, 0.1) is 0 Å². The molecule has 0 aromatic heterocycles. The van der Waals surface area contributed by atoms with Gasteiger partial charge < -0.3 is 5.32 Å². The molecule has 0 spiro atoms. The molecule has 0 saturated heterocycles. The molecule has 0 aliphatic carbocycles. The van der Waals surface area contributed by atoms with Crippen LogP contribution in [0.2, 0.25) is 0 Å². The van der Waals surface area contributed by atoms with Gasteiger partial charge in [-0.25, -0.2) is 0 Å². The van der Waals surface area contributed by atoms with Crippen LogP contribution < -0.4 is 5.32 Å². The molecule has 0 amide bonds. The monoisotopic (exact) mass is 243 g/mol. The van der Waals surface area contributed by atoms with Crippen molar-refractivity contribution in [1.29, 1.82) is 0 Å². The Kier molecular flexibility index (Phi) is 6.27. The van der Waals surface area contributed by atoms with Crippen LogP contribution in [0.4, 0.5) is 5.69 Å². The second kappa shape index (κ2) is 7.75. The van der Waals surface area contributed by atoms with E-state index in [2.05, 4.69) is 69.4 Å². The van der Waals surface area contributed by atoms with E-state index in [0.717, 1.165) is 12.8 Å². The number of anilines is 1. The van der Waals surface area contributed by atoms with E-state index in [-0.39, 0.29) is 0 Å². The number of benzene rings is 1. The summed E-state index contributed by atoms with van der Waals surface area (Å²) in [5.74, 6) is 0. The molecule has 0 bridgehead atoms. The Balaban J connectivity index is 2.42. The number of para-hydroxylation sites is 1. The Bertz CT molecular complexity index is 397. The van der Waals surface area contributed by atoms with Gasteiger partial charge in [-0.05, 0) is 52.7 Å². The molecule has 1 unspecified atom stereocenters. The third kappa shape index (κ3) is 6.29. The highest BCUT2D eigenvalue weighted by Crippen LogP contribution is 2.11. The highest BCUT2D eigenvalue weighted by atomic mass is 14.9. The Morgan fingerprint density at radius 3 is 2.44 bits per heavy atom. The lowest BCUT2D eigenvalue weighted by Crippen LogP contribution is -2.12. The maximum atomic E-state index is 3.48. The Morgan fingerprint density at radius 2 is 1.83 bits per heavy atom. The molecule has 0 heterocycles. The number of nitrogens with one attached hydrogen (secondary N) is 1. The fourth-order valence-corrected chi connectivity index (χ4v) is 1.94. The van der Waals surface area contributed by atoms with E-state index in [0.29, 0.717) is 6.04 Å². The fourth-order valence-electron chi connectivity index (χ4n) is 1.94. The lowest BCUT2D eigenvalue weighted by Gasteiger charge is -2.12. The minimum Gasteiger partial charge on any atom is -0.379 e. The van der Waals surface area contributed by atoms with E-state index in [9.17, 15) is 0 Å². The first-order valence-corrected chi connectivity index (χ1v) is 6.70. The number of allylic oxidation sites excluding steroid dienone is 3. The summed E-state index contributed by atoms with van der Waals surface area (Å²) in [7, 11) is 0. The van der Waals surface area contributed by atoms with Crippen molar-refractivity contribution in [2.45, 2.75) is 46.6 Å². The van der Waals surface area contributed by atoms with Crippen LogP contribution in [-0.2, 0) is 0 Å². The highest BCUT2D eigenvalue weighted by molar-refractivity contribution is 5.44. The molecule has 1 aromatic rings. The van der Waals surface area contributed by atoms with Crippen molar-refractivity contribution in [2.75, 3.05) is 5.32 Å². The summed E-state index contributed by atoms with van der Waals surface area (Å²) in [6.45, 7) is 8.71. The summed E-state index contributed by atoms with van der Waals surface area (Å²) >= 11 is 0. The predicted molar refractivity (Wildman–Crippen MR) is 81.9 cm³/mol. The number of rotatable bonds is 6. The molecule has 1 N–H and O–H groups in total. The van der Waals surface area contributed by atoms with E-state index in [1.54, 1.807) is 0 Å². The molecule has 18 heavy (non-hydrogen) atoms. The second-order valence-corrected chi connectivity index (χ2v) is 5.13. The van der Waals surface area contributed by atoms with Gasteiger partial charge in [0.2, 0.25) is 0 Å². The predicted octanol–water partition coefficient (Wildman–Crippen LogP) is 5.18. The van der Waals surface area contributed by atoms with Crippen molar-refractivity contribution in [3.8, 4) is 0 Å². The zero-order valence-corrected chi connectivity index (χ0v) is 12.0. The Hall–Kier alpha value is -1.50. The third-order valence-electron chi connectivity index (χ3n) is 2.79. The van der Waals surface area contributed by atoms with Gasteiger partial charge in [0.1, 0.15) is 0 Å². The van der Waals surface area contributed by atoms with Gasteiger partial charge >= 0.3 is 0 Å². The van der Waals surface area contributed by atoms with Gasteiger partial charge in [-0.1, -0.05) is 41.5 Å². The first-order valence-electron chi connectivity index (χ1n) is 6.70. The molecule has 0 aliphatic rings. The van der Waals surface area contributed by atoms with Crippen molar-refractivity contribution < 1.29 is 0 Å². The summed E-state index contributed by atoms with van der Waals surface area (Å²) in [5.41, 5.74) is 4.03. The van der Waals surface area contributed by atoms with Crippen LogP contribution in [0.15, 0.2) is 53.6 Å². The van der Waals surface area contributed by atoms with Gasteiger partial charge in [-0.3, -0.25) is 0 Å². The lowest BCUT2D eigenvalue weighted by molar-refractivity contribution is 0.917. The third-order valence-corrected chi connectivity index (χ3v) is 2.79. The van der Waals surface area contributed by atoms with Crippen LogP contribution in [0.5, 0.6) is 0 Å². The van der Waals surface area contributed by atoms with E-state index >= 15 is 0 Å². The minimum absolute atomic E-state index is 0.374. The van der Waals surface area contributed by atoms with Crippen LogP contribution in [-0.4, -0.2) is 6.04 Å². The maximum absolute atomic E-state index is 3.48. The number of hydrogen-bond donors (Lipinski definition) is 1. The molecular formula is C17H25N. The van der Waals surface area contributed by atoms with Crippen molar-refractivity contribution >= 4 is 5.69 Å². The molecule has 1 nitrogen and oxygen atoms in total. The Labute approximate surface area is 112 Å². The molecule has 98 valence electrons. The summed E-state index contributed by atoms with van der Waals surface area (Å²) in [6, 6.07) is 10.7. The SMILES string of the molecule is CC(C)=CCC/C(C)=C/C(C)Nc1ccccc1. The van der Waals surface area contributed by atoms with Crippen molar-refractivity contribution in [2.24, 2.45) is 0 Å². The van der Waals surface area contributed by atoms with E-state index in [1.165, 1.54) is 16.8 Å². The smallest absolute Gasteiger partial charge is 0.0418 e. The topological polar surface area (TPSA) is 12.0 Å². The molecular weight excluding hydrogens is 218 g/mol. The summed E-state index contributed by atoms with van der Waals surface area (Å²) in [5, 5.41) is 3.48. The molecule has 1 rings (SSSR count). The van der Waals surface area contributed by atoms with Crippen LogP contribution in [0.25, 0.3) is 0 Å². The van der Waals surface area contributed by atoms with Gasteiger partial charge in [-0.15, -0.1) is 0 Å². The van der Waals surface area contributed by atoms with Crippen LogP contribution >= 0.6 is 0 Å². The zero-order valence-electron chi connectivity index (χ0n) is 12.0. The largest absolute Gasteiger partial charge is 0.379 e. The fraction of sp³-hybridized carbons (Fsp3) is 0.412. The van der Waals surface area contributed by atoms with Crippen LogP contribution in [0.1, 0.15) is 40.5 Å². The van der Waals surface area contributed by atoms with E-state index in [1.807, 2.05) is 6.07 Å². The average molecular weight is 243 g/mol. The van der Waals surface area contributed by atoms with Crippen molar-refractivity contribution in [1.82, 2.24) is 0 Å². The summed E-state index contributed by atoms with van der Waals surface area (Å²) in [6.07, 6.45) is 6.90. The first kappa shape index (κ1) is 14.6. The standard InChI is InChI=1S/C17H25N/c1-14(2)9-8-10-15(3)13-16(4)18-17-11-6-5-7-12-17/h5-7,9,11-13,16,18H,8,10H2,1-4H3/b15-13+. The van der Waals surface area contributed by atoms with Gasteiger partial charge in [0, 0.05) is 11.7 Å². The maximum Gasteiger partial charge on any atom is 0.0418 e. The van der Waals surface area contributed by atoms with Gasteiger partial charge in [0.25, 0.3) is 0 Å². The molecule has 0 radical (unpaired) electrons. The molecule has 0 saturated carbocycles. The second-order valence-electron chi connectivity index (χ2n) is 5.13. The van der Waals surface area contributed by atoms with Crippen molar-refractivity contribution in [3.05, 3.63) is 53.6 Å². The van der Waals surface area contributed by atoms with Gasteiger partial charge in [0.15, 0.2) is 0 Å². The summed E-state index contributed by atoms with van der Waals surface area (Å²) in [4.78, 5) is 0. The van der Waals surface area contributed by atoms with E-state index < -0.39 is 0 Å². The highest BCUT2D eigenvalue weighted by Gasteiger charge is 1.98. The first-order chi connectivity index (χ1) is 8.58. The van der Waals surface area contributed by atoms with Crippen molar-refractivity contribution in [3.63, 3.8) is 0 Å². The lowest BCUT2D eigenvalue weighted by atomic mass is 10.1.